The molecule has 3 aromatic rings. The van der Waals surface area contributed by atoms with Crippen molar-refractivity contribution in [2.45, 2.75) is 80.3 Å². The second kappa shape index (κ2) is 12.7. The highest BCUT2D eigenvalue weighted by molar-refractivity contribution is 6.13. The summed E-state index contributed by atoms with van der Waals surface area (Å²) in [5.41, 5.74) is -2.67. The Kier molecular flexibility index (Phi) is 9.15. The highest BCUT2D eigenvalue weighted by Crippen LogP contribution is 2.32. The fraction of sp³-hybridized carbons (Fsp3) is 0.500. The predicted molar refractivity (Wildman–Crippen MR) is 181 cm³/mol. The van der Waals surface area contributed by atoms with Gasteiger partial charge in [0.1, 0.15) is 0 Å². The zero-order valence-electron chi connectivity index (χ0n) is 28.3. The van der Waals surface area contributed by atoms with E-state index in [2.05, 4.69) is 0 Å². The second-order valence-electron chi connectivity index (χ2n) is 15.2. The molecule has 2 aliphatic heterocycles. The van der Waals surface area contributed by atoms with Gasteiger partial charge in [0.25, 0.3) is 45.9 Å². The van der Waals surface area contributed by atoms with E-state index in [0.717, 1.165) is 9.13 Å². The summed E-state index contributed by atoms with van der Waals surface area (Å²) in [7, 11) is 0. The Morgan fingerprint density at radius 1 is 0.500 bits per heavy atom. The summed E-state index contributed by atoms with van der Waals surface area (Å²) in [5.74, 6) is -1.43. The van der Waals surface area contributed by atoms with Crippen LogP contribution in [0.1, 0.15) is 67.2 Å². The maximum absolute atomic E-state index is 13.4. The molecule has 48 heavy (non-hydrogen) atoms. The lowest BCUT2D eigenvalue weighted by molar-refractivity contribution is -0.139. The quantitative estimate of drug-likeness (QED) is 0.240. The number of amides is 4. The molecular formula is C36H42N4O8. The van der Waals surface area contributed by atoms with Crippen molar-refractivity contribution in [3.05, 3.63) is 77.9 Å². The number of carbonyl (C=O) groups excluding carboxylic acids is 4. The molecule has 2 unspecified atom stereocenters. The minimum absolute atomic E-state index is 0.00413. The molecular weight excluding hydrogens is 616 g/mol. The first-order valence-electron chi connectivity index (χ1n) is 16.4. The number of benzene rings is 1. The summed E-state index contributed by atoms with van der Waals surface area (Å²) >= 11 is 0. The van der Waals surface area contributed by atoms with Gasteiger partial charge in [0.05, 0.1) is 21.5 Å². The zero-order chi connectivity index (χ0) is 35.3. The molecule has 254 valence electrons. The van der Waals surface area contributed by atoms with E-state index in [1.807, 2.05) is 41.5 Å². The first-order chi connectivity index (χ1) is 22.4. The lowest BCUT2D eigenvalue weighted by Gasteiger charge is -2.29. The molecule has 0 saturated carbocycles. The van der Waals surface area contributed by atoms with Crippen molar-refractivity contribution in [3.8, 4) is 0 Å². The molecule has 0 spiro atoms. The lowest BCUT2D eigenvalue weighted by Crippen LogP contribution is -2.35. The van der Waals surface area contributed by atoms with Crippen molar-refractivity contribution in [3.63, 3.8) is 0 Å². The molecule has 2 atom stereocenters. The van der Waals surface area contributed by atoms with E-state index in [9.17, 15) is 38.4 Å². The molecule has 5 rings (SSSR count). The highest BCUT2D eigenvalue weighted by Gasteiger charge is 2.30. The number of fused-ring (bicyclic) bond motifs is 2. The Morgan fingerprint density at radius 3 is 1.29 bits per heavy atom. The molecule has 2 aliphatic rings. The molecule has 1 aromatic carbocycles. The number of hydrogen-bond acceptors (Lipinski definition) is 8. The van der Waals surface area contributed by atoms with Gasteiger partial charge in [-0.1, -0.05) is 41.5 Å². The zero-order valence-corrected chi connectivity index (χ0v) is 28.3. The van der Waals surface area contributed by atoms with Crippen LogP contribution in [0.3, 0.4) is 0 Å². The molecule has 0 radical (unpaired) electrons. The summed E-state index contributed by atoms with van der Waals surface area (Å²) in [6.07, 6.45) is 7.31. The molecule has 0 bridgehead atoms. The topological polar surface area (TPSA) is 153 Å². The summed E-state index contributed by atoms with van der Waals surface area (Å²) in [5, 5.41) is 0.394. The standard InChI is InChI=1S/C36H42N4O8/c1-21(19-39-29(43)9-10-30(39)44)17-36(5,6)12-14-38-31(45)23-15-25-26(16-24(23)32(38)46)34(48)40(33(25)47)20-22(2)18-35(3,4)11-13-37-27(41)7-8-28(37)42/h7-10,15-16,21-22H,11-14,17-20H2,1-6H3. The second-order valence-corrected chi connectivity index (χ2v) is 15.2. The first-order valence-corrected chi connectivity index (χ1v) is 16.4. The largest absolute Gasteiger partial charge is 0.275 e. The number of imide groups is 2. The third-order valence-electron chi connectivity index (χ3n) is 9.68. The third kappa shape index (κ3) is 6.79. The lowest BCUT2D eigenvalue weighted by atomic mass is 9.80. The van der Waals surface area contributed by atoms with E-state index in [1.165, 1.54) is 46.2 Å². The maximum atomic E-state index is 13.4. The number of hydrogen-bond donors (Lipinski definition) is 0. The van der Waals surface area contributed by atoms with Gasteiger partial charge >= 0.3 is 0 Å². The van der Waals surface area contributed by atoms with Crippen molar-refractivity contribution in [2.24, 2.45) is 22.7 Å². The predicted octanol–water partition coefficient (Wildman–Crippen LogP) is 2.65. The van der Waals surface area contributed by atoms with Crippen LogP contribution in [0.25, 0.3) is 21.5 Å². The van der Waals surface area contributed by atoms with Crippen LogP contribution in [0.2, 0.25) is 0 Å². The van der Waals surface area contributed by atoms with Crippen LogP contribution in [-0.4, -0.2) is 55.7 Å². The van der Waals surface area contributed by atoms with Gasteiger partial charge in [-0.05, 0) is 60.5 Å². The van der Waals surface area contributed by atoms with E-state index in [1.54, 1.807) is 0 Å². The average Bonchev–Trinajstić information content (AvgIpc) is 3.64. The maximum Gasteiger partial charge on any atom is 0.261 e. The van der Waals surface area contributed by atoms with Gasteiger partial charge in [0, 0.05) is 50.5 Å². The summed E-state index contributed by atoms with van der Waals surface area (Å²) in [6.45, 7) is 12.7. The first kappa shape index (κ1) is 34.6. The molecule has 4 heterocycles. The summed E-state index contributed by atoms with van der Waals surface area (Å²) < 4.78 is 2.31. The van der Waals surface area contributed by atoms with E-state index in [0.29, 0.717) is 25.7 Å². The Morgan fingerprint density at radius 2 is 0.854 bits per heavy atom. The fourth-order valence-corrected chi connectivity index (χ4v) is 7.38. The Balaban J connectivity index is 1.28. The van der Waals surface area contributed by atoms with Crippen molar-refractivity contribution in [1.29, 1.82) is 0 Å². The van der Waals surface area contributed by atoms with Crippen LogP contribution < -0.4 is 22.2 Å². The van der Waals surface area contributed by atoms with E-state index in [-0.39, 0.29) is 94.0 Å². The van der Waals surface area contributed by atoms with Crippen molar-refractivity contribution >= 4 is 45.2 Å². The normalized spacial score (nSPS) is 16.9. The van der Waals surface area contributed by atoms with Crippen LogP contribution >= 0.6 is 0 Å². The highest BCUT2D eigenvalue weighted by atomic mass is 16.2. The molecule has 0 aliphatic carbocycles. The molecule has 12 heteroatoms. The van der Waals surface area contributed by atoms with Crippen LogP contribution in [-0.2, 0) is 32.3 Å². The van der Waals surface area contributed by atoms with Crippen LogP contribution in [0.5, 0.6) is 0 Å². The molecule has 2 aromatic heterocycles. The number of nitrogens with zero attached hydrogens (tertiary/aromatic N) is 4. The van der Waals surface area contributed by atoms with Crippen molar-refractivity contribution in [1.82, 2.24) is 18.9 Å². The summed E-state index contributed by atoms with van der Waals surface area (Å²) in [4.78, 5) is 104. The minimum Gasteiger partial charge on any atom is -0.275 e. The van der Waals surface area contributed by atoms with Crippen LogP contribution in [0.15, 0.2) is 55.6 Å². The van der Waals surface area contributed by atoms with E-state index >= 15 is 0 Å². The SMILES string of the molecule is CC(CN1C(=O)C=CC1=O)CC(C)(C)CCn1c(=O)c2cc3c(=O)n(CC(C)CC(C)(C)CCN4C(=O)C=CC4=O)c(=O)c3cc2c1=O. The Labute approximate surface area is 277 Å². The van der Waals surface area contributed by atoms with Crippen LogP contribution in [0.4, 0.5) is 0 Å². The third-order valence-corrected chi connectivity index (χ3v) is 9.68. The summed E-state index contributed by atoms with van der Waals surface area (Å²) in [6, 6.07) is 2.73. The fourth-order valence-electron chi connectivity index (χ4n) is 7.38. The molecule has 4 amide bonds. The van der Waals surface area contributed by atoms with E-state index < -0.39 is 22.2 Å². The van der Waals surface area contributed by atoms with Gasteiger partial charge in [0.2, 0.25) is 0 Å². The van der Waals surface area contributed by atoms with Gasteiger partial charge in [-0.2, -0.15) is 0 Å². The molecule has 0 N–H and O–H groups in total. The number of aromatic nitrogens is 2. The van der Waals surface area contributed by atoms with Crippen LogP contribution in [0, 0.1) is 22.7 Å². The monoisotopic (exact) mass is 658 g/mol. The van der Waals surface area contributed by atoms with Gasteiger partial charge in [-0.15, -0.1) is 0 Å². The van der Waals surface area contributed by atoms with Gasteiger partial charge in [0.15, 0.2) is 0 Å². The molecule has 0 fully saturated rings. The Hall–Kier alpha value is -4.74. The smallest absolute Gasteiger partial charge is 0.261 e. The molecule has 12 nitrogen and oxygen atoms in total. The van der Waals surface area contributed by atoms with Crippen molar-refractivity contribution in [2.75, 3.05) is 13.1 Å². The van der Waals surface area contributed by atoms with E-state index in [4.69, 9.17) is 0 Å². The van der Waals surface area contributed by atoms with Gasteiger partial charge < -0.3 is 0 Å². The minimum atomic E-state index is -0.514. The van der Waals surface area contributed by atoms with Gasteiger partial charge in [-0.25, -0.2) is 0 Å². The molecule has 0 saturated heterocycles. The number of rotatable bonds is 14. The van der Waals surface area contributed by atoms with Crippen molar-refractivity contribution < 1.29 is 19.2 Å². The Bertz CT molecular complexity index is 1990. The number of carbonyl (C=O) groups is 4. The van der Waals surface area contributed by atoms with Gasteiger partial charge in [-0.3, -0.25) is 57.3 Å². The average molecular weight is 659 g/mol.